The fraction of sp³-hybridized carbons (Fsp3) is 0.500. The Morgan fingerprint density at radius 3 is 2.83 bits per heavy atom. The van der Waals surface area contributed by atoms with Crippen LogP contribution in [-0.2, 0) is 4.74 Å². The Hall–Kier alpha value is -1.33. The van der Waals surface area contributed by atoms with Gasteiger partial charge in [-0.15, -0.1) is 0 Å². The molecule has 0 fully saturated rings. The van der Waals surface area contributed by atoms with Crippen LogP contribution in [-0.4, -0.2) is 24.7 Å². The Morgan fingerprint density at radius 1 is 1.56 bits per heavy atom. The van der Waals surface area contributed by atoms with Gasteiger partial charge in [0, 0.05) is 19.2 Å². The quantitative estimate of drug-likeness (QED) is 0.610. The van der Waals surface area contributed by atoms with Crippen LogP contribution in [0, 0.1) is 10.1 Å². The van der Waals surface area contributed by atoms with Crippen LogP contribution in [0.2, 0.25) is 5.02 Å². The minimum atomic E-state index is -0.440. The van der Waals surface area contributed by atoms with E-state index in [0.717, 1.165) is 12.8 Å². The number of nitrogens with zero attached hydrogens (tertiary/aromatic N) is 1. The largest absolute Gasteiger partial charge is 0.383 e. The summed E-state index contributed by atoms with van der Waals surface area (Å²) in [5.41, 5.74) is 0.347. The average Bonchev–Trinajstić information content (AvgIpc) is 2.32. The predicted octanol–water partition coefficient (Wildman–Crippen LogP) is 3.48. The molecule has 0 aliphatic heterocycles. The lowest BCUT2D eigenvalue weighted by atomic mass is 10.1. The molecule has 0 aromatic heterocycles. The van der Waals surface area contributed by atoms with Gasteiger partial charge in [0.2, 0.25) is 0 Å². The number of hydrogen-bond donors (Lipinski definition) is 1. The van der Waals surface area contributed by atoms with Crippen molar-refractivity contribution in [3.8, 4) is 0 Å². The predicted molar refractivity (Wildman–Crippen MR) is 72.3 cm³/mol. The van der Waals surface area contributed by atoms with E-state index in [4.69, 9.17) is 16.3 Å². The number of rotatable bonds is 7. The molecule has 18 heavy (non-hydrogen) atoms. The van der Waals surface area contributed by atoms with Gasteiger partial charge in [-0.25, -0.2) is 0 Å². The van der Waals surface area contributed by atoms with E-state index in [2.05, 4.69) is 5.32 Å². The van der Waals surface area contributed by atoms with Crippen LogP contribution in [0.25, 0.3) is 0 Å². The molecule has 0 radical (unpaired) electrons. The number of halogens is 1. The number of para-hydroxylation sites is 1. The summed E-state index contributed by atoms with van der Waals surface area (Å²) in [7, 11) is 1.60. The van der Waals surface area contributed by atoms with Crippen LogP contribution in [0.1, 0.15) is 19.8 Å². The van der Waals surface area contributed by atoms with Crippen molar-refractivity contribution in [2.45, 2.75) is 25.8 Å². The summed E-state index contributed by atoms with van der Waals surface area (Å²) >= 11 is 6.01. The Morgan fingerprint density at radius 2 is 2.28 bits per heavy atom. The zero-order chi connectivity index (χ0) is 13.5. The van der Waals surface area contributed by atoms with E-state index in [1.54, 1.807) is 19.2 Å². The van der Waals surface area contributed by atoms with Crippen LogP contribution in [0.4, 0.5) is 11.4 Å². The Bertz CT molecular complexity index is 406. The van der Waals surface area contributed by atoms with Crippen LogP contribution in [0.15, 0.2) is 18.2 Å². The fourth-order valence-electron chi connectivity index (χ4n) is 1.76. The van der Waals surface area contributed by atoms with Crippen molar-refractivity contribution in [1.29, 1.82) is 0 Å². The summed E-state index contributed by atoms with van der Waals surface area (Å²) in [6.07, 6.45) is 1.81. The van der Waals surface area contributed by atoms with E-state index in [-0.39, 0.29) is 11.7 Å². The normalized spacial score (nSPS) is 12.2. The molecule has 0 amide bonds. The maximum absolute atomic E-state index is 10.9. The van der Waals surface area contributed by atoms with Gasteiger partial charge in [-0.1, -0.05) is 31.0 Å². The topological polar surface area (TPSA) is 64.4 Å². The SMILES string of the molecule is CCCC(COC)Nc1c(Cl)cccc1[N+](=O)[O-]. The van der Waals surface area contributed by atoms with E-state index in [9.17, 15) is 10.1 Å². The van der Waals surface area contributed by atoms with Gasteiger partial charge in [0.15, 0.2) is 0 Å². The molecule has 1 aromatic carbocycles. The summed E-state index contributed by atoms with van der Waals surface area (Å²) in [5, 5.41) is 14.4. The Balaban J connectivity index is 2.96. The molecule has 0 bridgehead atoms. The van der Waals surface area contributed by atoms with E-state index >= 15 is 0 Å². The second-order valence-corrected chi connectivity index (χ2v) is 4.38. The first-order chi connectivity index (χ1) is 8.60. The fourth-order valence-corrected chi connectivity index (χ4v) is 1.98. The second kappa shape index (κ2) is 7.18. The number of benzene rings is 1. The molecule has 1 atom stereocenters. The molecule has 1 aromatic rings. The van der Waals surface area contributed by atoms with Gasteiger partial charge in [-0.3, -0.25) is 10.1 Å². The highest BCUT2D eigenvalue weighted by Gasteiger charge is 2.19. The van der Waals surface area contributed by atoms with Crippen molar-refractivity contribution in [2.75, 3.05) is 19.0 Å². The van der Waals surface area contributed by atoms with Gasteiger partial charge < -0.3 is 10.1 Å². The number of nitro groups is 1. The van der Waals surface area contributed by atoms with Crippen LogP contribution in [0.3, 0.4) is 0 Å². The summed E-state index contributed by atoms with van der Waals surface area (Å²) in [6, 6.07) is 4.65. The van der Waals surface area contributed by atoms with Gasteiger partial charge in [0.25, 0.3) is 5.69 Å². The zero-order valence-corrected chi connectivity index (χ0v) is 11.2. The number of ether oxygens (including phenoxy) is 1. The monoisotopic (exact) mass is 272 g/mol. The van der Waals surface area contributed by atoms with E-state index < -0.39 is 4.92 Å². The van der Waals surface area contributed by atoms with Gasteiger partial charge in [0.1, 0.15) is 5.69 Å². The number of hydrogen-bond acceptors (Lipinski definition) is 4. The zero-order valence-electron chi connectivity index (χ0n) is 10.5. The standard InChI is InChI=1S/C12H17ClN2O3/c1-3-5-9(8-18-2)14-12-10(13)6-4-7-11(12)15(16)17/h4,6-7,9,14H,3,5,8H2,1-2H3. The molecular weight excluding hydrogens is 256 g/mol. The molecule has 100 valence electrons. The van der Waals surface area contributed by atoms with E-state index in [0.29, 0.717) is 17.3 Å². The minimum Gasteiger partial charge on any atom is -0.383 e. The average molecular weight is 273 g/mol. The van der Waals surface area contributed by atoms with Crippen LogP contribution in [0.5, 0.6) is 0 Å². The third kappa shape index (κ3) is 3.85. The van der Waals surface area contributed by atoms with Crippen molar-refractivity contribution >= 4 is 23.0 Å². The first-order valence-corrected chi connectivity index (χ1v) is 6.16. The molecule has 6 heteroatoms. The highest BCUT2D eigenvalue weighted by atomic mass is 35.5. The van der Waals surface area contributed by atoms with Crippen molar-refractivity contribution in [1.82, 2.24) is 0 Å². The molecule has 0 aliphatic rings. The Labute approximate surface area is 111 Å². The van der Waals surface area contributed by atoms with Gasteiger partial charge in [-0.2, -0.15) is 0 Å². The summed E-state index contributed by atoms with van der Waals surface area (Å²) in [4.78, 5) is 10.5. The molecule has 0 saturated heterocycles. The van der Waals surface area contributed by atoms with Crippen molar-refractivity contribution < 1.29 is 9.66 Å². The Kier molecular flexibility index (Phi) is 5.88. The maximum atomic E-state index is 10.9. The molecule has 0 heterocycles. The third-order valence-corrected chi connectivity index (χ3v) is 2.86. The van der Waals surface area contributed by atoms with Crippen molar-refractivity contribution in [3.05, 3.63) is 33.3 Å². The molecule has 0 saturated carbocycles. The van der Waals surface area contributed by atoms with Gasteiger partial charge >= 0.3 is 0 Å². The first kappa shape index (κ1) is 14.7. The lowest BCUT2D eigenvalue weighted by Crippen LogP contribution is -2.25. The van der Waals surface area contributed by atoms with Gasteiger partial charge in [0.05, 0.1) is 16.6 Å². The molecule has 0 spiro atoms. The second-order valence-electron chi connectivity index (χ2n) is 3.98. The summed E-state index contributed by atoms with van der Waals surface area (Å²) in [5.74, 6) is 0. The molecule has 1 N–H and O–H groups in total. The smallest absolute Gasteiger partial charge is 0.293 e. The number of methoxy groups -OCH3 is 1. The highest BCUT2D eigenvalue weighted by molar-refractivity contribution is 6.33. The minimum absolute atomic E-state index is 0.0126. The number of nitro benzene ring substituents is 1. The summed E-state index contributed by atoms with van der Waals surface area (Å²) < 4.78 is 5.09. The molecule has 5 nitrogen and oxygen atoms in total. The van der Waals surface area contributed by atoms with E-state index in [1.807, 2.05) is 6.92 Å². The molecule has 1 rings (SSSR count). The number of nitrogens with one attached hydrogen (secondary N) is 1. The third-order valence-electron chi connectivity index (χ3n) is 2.54. The molecule has 1 unspecified atom stereocenters. The molecular formula is C12H17ClN2O3. The van der Waals surface area contributed by atoms with Crippen molar-refractivity contribution in [2.24, 2.45) is 0 Å². The highest BCUT2D eigenvalue weighted by Crippen LogP contribution is 2.32. The maximum Gasteiger partial charge on any atom is 0.293 e. The van der Waals surface area contributed by atoms with E-state index in [1.165, 1.54) is 6.07 Å². The number of anilines is 1. The first-order valence-electron chi connectivity index (χ1n) is 5.78. The molecule has 0 aliphatic carbocycles. The van der Waals surface area contributed by atoms with Crippen molar-refractivity contribution in [3.63, 3.8) is 0 Å². The van der Waals surface area contributed by atoms with Crippen LogP contribution >= 0.6 is 11.6 Å². The van der Waals surface area contributed by atoms with Crippen LogP contribution < -0.4 is 5.32 Å². The lowest BCUT2D eigenvalue weighted by molar-refractivity contribution is -0.384. The summed E-state index contributed by atoms with van der Waals surface area (Å²) in [6.45, 7) is 2.53. The van der Waals surface area contributed by atoms with Gasteiger partial charge in [-0.05, 0) is 12.5 Å². The lowest BCUT2D eigenvalue weighted by Gasteiger charge is -2.19.